The highest BCUT2D eigenvalue weighted by molar-refractivity contribution is 5.76. The first kappa shape index (κ1) is 50.0. The summed E-state index contributed by atoms with van der Waals surface area (Å²) in [4.78, 5) is 13.1. The van der Waals surface area contributed by atoms with Gasteiger partial charge in [-0.05, 0) is 104 Å². The molecule has 18 nitrogen and oxygen atoms in total. The fourth-order valence-corrected chi connectivity index (χ4v) is 14.8. The molecule has 0 aromatic carbocycles. The average Bonchev–Trinajstić information content (AvgIpc) is 3.26. The van der Waals surface area contributed by atoms with Crippen LogP contribution in [0.25, 0.3) is 0 Å². The Labute approximate surface area is 380 Å². The van der Waals surface area contributed by atoms with Crippen molar-refractivity contribution >= 4 is 5.97 Å². The summed E-state index contributed by atoms with van der Waals surface area (Å²) in [5.74, 6) is -0.372. The van der Waals surface area contributed by atoms with Gasteiger partial charge in [0.2, 0.25) is 0 Å². The molecule has 4 saturated carbocycles. The summed E-state index contributed by atoms with van der Waals surface area (Å²) in [5, 5.41) is 118. The van der Waals surface area contributed by atoms with Gasteiger partial charge in [-0.3, -0.25) is 4.79 Å². The van der Waals surface area contributed by atoms with Gasteiger partial charge in [0, 0.05) is 5.41 Å². The highest BCUT2D eigenvalue weighted by atomic mass is 16.8. The Morgan fingerprint density at radius 3 is 1.95 bits per heavy atom. The van der Waals surface area contributed by atoms with Gasteiger partial charge in [0.15, 0.2) is 18.9 Å². The van der Waals surface area contributed by atoms with Crippen LogP contribution in [0.1, 0.15) is 106 Å². The van der Waals surface area contributed by atoms with E-state index in [-0.39, 0.29) is 52.6 Å². The van der Waals surface area contributed by atoms with Crippen LogP contribution in [0.5, 0.6) is 0 Å². The molecule has 11 N–H and O–H groups in total. The molecular formula is C47H76O18. The van der Waals surface area contributed by atoms with Crippen LogP contribution in [0.4, 0.5) is 0 Å². The van der Waals surface area contributed by atoms with Gasteiger partial charge in [-0.2, -0.15) is 0 Å². The number of fused-ring (bicyclic) bond motifs is 7. The molecule has 8 aliphatic rings. The molecule has 3 heterocycles. The van der Waals surface area contributed by atoms with Gasteiger partial charge in [-0.1, -0.05) is 53.2 Å². The molecule has 0 amide bonds. The van der Waals surface area contributed by atoms with E-state index in [2.05, 4.69) is 40.7 Å². The summed E-state index contributed by atoms with van der Waals surface area (Å²) < 4.78 is 35.5. The second kappa shape index (κ2) is 17.8. The molecule has 23 atom stereocenters. The van der Waals surface area contributed by atoms with Crippen LogP contribution < -0.4 is 0 Å². The lowest BCUT2D eigenvalue weighted by molar-refractivity contribution is -0.384. The number of aliphatic hydroxyl groups is 10. The van der Waals surface area contributed by atoms with Crippen LogP contribution in [0, 0.1) is 50.2 Å². The molecule has 18 heteroatoms. The van der Waals surface area contributed by atoms with Crippen molar-refractivity contribution < 1.29 is 89.4 Å². The van der Waals surface area contributed by atoms with E-state index in [9.17, 15) is 61.0 Å². The minimum Gasteiger partial charge on any atom is -0.481 e. The third-order valence-corrected chi connectivity index (χ3v) is 19.2. The van der Waals surface area contributed by atoms with Crippen LogP contribution in [-0.4, -0.2) is 181 Å². The molecule has 372 valence electrons. The van der Waals surface area contributed by atoms with Gasteiger partial charge < -0.3 is 84.6 Å². The molecule has 5 aliphatic carbocycles. The second-order valence-corrected chi connectivity index (χ2v) is 22.9. The van der Waals surface area contributed by atoms with E-state index in [4.69, 9.17) is 28.4 Å². The van der Waals surface area contributed by atoms with E-state index in [0.717, 1.165) is 44.9 Å². The van der Waals surface area contributed by atoms with E-state index in [1.54, 1.807) is 0 Å². The highest BCUT2D eigenvalue weighted by Gasteiger charge is 2.70. The van der Waals surface area contributed by atoms with E-state index < -0.39 is 122 Å². The maximum Gasteiger partial charge on any atom is 0.310 e. The van der Waals surface area contributed by atoms with Gasteiger partial charge in [0.1, 0.15) is 67.1 Å². The maximum atomic E-state index is 13.1. The van der Waals surface area contributed by atoms with E-state index in [1.165, 1.54) is 5.57 Å². The first-order valence-corrected chi connectivity index (χ1v) is 23.9. The van der Waals surface area contributed by atoms with Crippen LogP contribution in [0.3, 0.4) is 0 Å². The summed E-state index contributed by atoms with van der Waals surface area (Å²) in [7, 11) is 0. The van der Waals surface area contributed by atoms with E-state index in [0.29, 0.717) is 19.3 Å². The Bertz CT molecular complexity index is 1760. The first-order chi connectivity index (χ1) is 30.5. The molecule has 8 rings (SSSR count). The van der Waals surface area contributed by atoms with Gasteiger partial charge in [-0.15, -0.1) is 0 Å². The van der Waals surface area contributed by atoms with Crippen molar-refractivity contribution in [1.29, 1.82) is 0 Å². The second-order valence-electron chi connectivity index (χ2n) is 22.9. The molecule has 7 unspecified atom stereocenters. The van der Waals surface area contributed by atoms with Gasteiger partial charge in [-0.25, -0.2) is 0 Å². The normalized spacial score (nSPS) is 54.3. The van der Waals surface area contributed by atoms with Crippen molar-refractivity contribution in [2.45, 2.75) is 198 Å². The predicted octanol–water partition coefficient (Wildman–Crippen LogP) is 0.318. The molecule has 3 aliphatic heterocycles. The number of carboxylic acids is 1. The fourth-order valence-electron chi connectivity index (χ4n) is 14.8. The molecule has 0 aromatic rings. The first-order valence-electron chi connectivity index (χ1n) is 23.9. The Morgan fingerprint density at radius 1 is 0.677 bits per heavy atom. The Balaban J connectivity index is 0.966. The van der Waals surface area contributed by atoms with Crippen LogP contribution in [-0.2, 0) is 33.2 Å². The topological polar surface area (TPSA) is 295 Å². The van der Waals surface area contributed by atoms with Crippen LogP contribution >= 0.6 is 0 Å². The monoisotopic (exact) mass is 929 g/mol. The largest absolute Gasteiger partial charge is 0.481 e. The lowest BCUT2D eigenvalue weighted by Gasteiger charge is -2.71. The number of carbonyl (C=O) groups is 1. The molecule has 0 aromatic heterocycles. The fraction of sp³-hybridized carbons (Fsp3) is 0.936. The summed E-state index contributed by atoms with van der Waals surface area (Å²) >= 11 is 0. The Morgan fingerprint density at radius 2 is 1.31 bits per heavy atom. The van der Waals surface area contributed by atoms with E-state index >= 15 is 0 Å². The molecule has 0 bridgehead atoms. The zero-order chi connectivity index (χ0) is 47.4. The Kier molecular flexibility index (Phi) is 13.7. The van der Waals surface area contributed by atoms with Crippen molar-refractivity contribution in [3.8, 4) is 0 Å². The molecular weight excluding hydrogens is 852 g/mol. The SMILES string of the molecule is CC1(C)CCC2(C(=O)O)CC[C@]3(C)C(=CCC4C5(C)CCC(O[C@@H]6OC[C@H](O[C@@H]7O[C@H](CO)[C@@H](O)[C@H](O)[C@H]7O[C@@H]7O[C@H](CO)[C@@H](O)[C@H](O)[C@H]7O)[C@H](O)[C@H]6O)[C@@](C)(CO)C5CCC43C)C2C1. The molecule has 0 radical (unpaired) electrons. The van der Waals surface area contributed by atoms with Crippen molar-refractivity contribution in [2.75, 3.05) is 26.4 Å². The minimum absolute atomic E-state index is 0.00154. The van der Waals surface area contributed by atoms with Crippen molar-refractivity contribution in [3.05, 3.63) is 11.6 Å². The number of hydrogen-bond donors (Lipinski definition) is 11. The smallest absolute Gasteiger partial charge is 0.310 e. The summed E-state index contributed by atoms with van der Waals surface area (Å²) in [6.45, 7) is 11.7. The average molecular weight is 929 g/mol. The molecule has 7 fully saturated rings. The summed E-state index contributed by atoms with van der Waals surface area (Å²) in [5.41, 5.74) is -0.567. The van der Waals surface area contributed by atoms with Crippen molar-refractivity contribution in [3.63, 3.8) is 0 Å². The predicted molar refractivity (Wildman–Crippen MR) is 226 cm³/mol. The minimum atomic E-state index is -1.88. The number of aliphatic carboxylic acids is 1. The Hall–Kier alpha value is -1.43. The molecule has 65 heavy (non-hydrogen) atoms. The number of carboxylic acid groups (broad SMARTS) is 1. The number of ether oxygens (including phenoxy) is 6. The van der Waals surface area contributed by atoms with Crippen molar-refractivity contribution in [1.82, 2.24) is 0 Å². The number of allylic oxidation sites excluding steroid dienone is 2. The maximum absolute atomic E-state index is 13.1. The van der Waals surface area contributed by atoms with Gasteiger partial charge in [0.05, 0.1) is 37.9 Å². The zero-order valence-electron chi connectivity index (χ0n) is 38.6. The number of hydrogen-bond acceptors (Lipinski definition) is 17. The molecule has 3 saturated heterocycles. The van der Waals surface area contributed by atoms with E-state index in [1.807, 2.05) is 6.92 Å². The van der Waals surface area contributed by atoms with Crippen LogP contribution in [0.2, 0.25) is 0 Å². The number of rotatable bonds is 10. The quantitative estimate of drug-likeness (QED) is 0.104. The highest BCUT2D eigenvalue weighted by Crippen LogP contribution is 2.76. The van der Waals surface area contributed by atoms with Crippen molar-refractivity contribution in [2.24, 2.45) is 50.2 Å². The van der Waals surface area contributed by atoms with Gasteiger partial charge >= 0.3 is 5.97 Å². The summed E-state index contributed by atoms with van der Waals surface area (Å²) in [6, 6.07) is 0. The zero-order valence-corrected chi connectivity index (χ0v) is 38.6. The number of aliphatic hydroxyl groups excluding tert-OH is 10. The third kappa shape index (κ3) is 7.80. The van der Waals surface area contributed by atoms with Gasteiger partial charge in [0.25, 0.3) is 0 Å². The third-order valence-electron chi connectivity index (χ3n) is 19.2. The standard InChI is InChI=1S/C47H76O18/c1-42(2)13-15-47(41(58)59)16-14-45(5)22(23(47)17-42)7-8-28-43(3)11-10-29(44(4,21-50)27(43)9-12-46(28,45)6)64-38-35(56)32(53)26(20-60-38)63-40-37(34(55)31(52)25(19-49)62-40)65-39-36(57)33(54)30(51)24(18-48)61-39/h7,23-40,48-57H,8-21H2,1-6H3,(H,58,59)/t23?,24-,25-,26+,27?,28?,29?,30-,31-,32+,33+,34+,35-,36-,37-,38+,39+,40+,43?,44+,45-,46?,47?/m1/s1. The van der Waals surface area contributed by atoms with Crippen LogP contribution in [0.15, 0.2) is 11.6 Å². The lowest BCUT2D eigenvalue weighted by atomic mass is 9.33. The molecule has 0 spiro atoms. The lowest BCUT2D eigenvalue weighted by Crippen LogP contribution is -2.67. The summed E-state index contributed by atoms with van der Waals surface area (Å²) in [6.07, 6.45) is -13.2.